The fourth-order valence-corrected chi connectivity index (χ4v) is 5.27. The lowest BCUT2D eigenvalue weighted by Gasteiger charge is -2.46. The fraction of sp³-hybridized carbons (Fsp3) is 0.333. The van der Waals surface area contributed by atoms with Crippen LogP contribution in [-0.2, 0) is 12.6 Å². The first-order chi connectivity index (χ1) is 18.8. The van der Waals surface area contributed by atoms with Crippen molar-refractivity contribution in [2.45, 2.75) is 52.4 Å². The molecule has 0 N–H and O–H groups in total. The van der Waals surface area contributed by atoms with Crippen LogP contribution in [0.25, 0.3) is 6.08 Å². The highest BCUT2D eigenvalue weighted by atomic mass is 19.4. The number of allylic oxidation sites excluding steroid dienone is 4. The minimum atomic E-state index is -4.42. The van der Waals surface area contributed by atoms with Crippen LogP contribution in [0.5, 0.6) is 5.75 Å². The summed E-state index contributed by atoms with van der Waals surface area (Å²) in [6.45, 7) is 14.2. The topological polar surface area (TPSA) is 53.3 Å². The van der Waals surface area contributed by atoms with Crippen LogP contribution in [-0.4, -0.2) is 23.5 Å². The van der Waals surface area contributed by atoms with Gasteiger partial charge in [0.05, 0.1) is 18.1 Å². The number of nitriles is 1. The maximum Gasteiger partial charge on any atom is 0.416 e. The molecule has 40 heavy (non-hydrogen) atoms. The molecule has 2 aliphatic rings. The van der Waals surface area contributed by atoms with Gasteiger partial charge in [-0.2, -0.15) is 18.4 Å². The normalized spacial score (nSPS) is 22.3. The third-order valence-electron chi connectivity index (χ3n) is 7.96. The summed E-state index contributed by atoms with van der Waals surface area (Å²) in [5, 5.41) is 8.81. The average Bonchev–Trinajstić information content (AvgIpc) is 3.05. The summed E-state index contributed by atoms with van der Waals surface area (Å²) < 4.78 is 46.0. The van der Waals surface area contributed by atoms with E-state index in [0.717, 1.165) is 29.0 Å². The molecule has 0 saturated carbocycles. The van der Waals surface area contributed by atoms with Gasteiger partial charge in [-0.25, -0.2) is 0 Å². The summed E-state index contributed by atoms with van der Waals surface area (Å²) >= 11 is 0. The van der Waals surface area contributed by atoms with E-state index in [1.54, 1.807) is 30.3 Å². The van der Waals surface area contributed by atoms with Crippen molar-refractivity contribution in [3.05, 3.63) is 107 Å². The number of halogens is 3. The molecule has 0 radical (unpaired) electrons. The van der Waals surface area contributed by atoms with Crippen molar-refractivity contribution in [3.8, 4) is 11.8 Å². The van der Waals surface area contributed by atoms with Gasteiger partial charge in [0.1, 0.15) is 5.75 Å². The summed E-state index contributed by atoms with van der Waals surface area (Å²) in [5.41, 5.74) is 1.78. The lowest BCUT2D eigenvalue weighted by Crippen LogP contribution is -2.54. The SMILES string of the molecule is C/C(=C\C=C1/C(C)C(C)(C)C2(C=Cc3cc(C(F)(F)F)ccc3O2)N1C)CC(=O)c1ccc(CC#N)cc1.C=C. The predicted octanol–water partition coefficient (Wildman–Crippen LogP) is 8.39. The van der Waals surface area contributed by atoms with Gasteiger partial charge in [-0.1, -0.05) is 56.7 Å². The Morgan fingerprint density at radius 1 is 1.18 bits per heavy atom. The molecule has 7 heteroatoms. The Balaban J connectivity index is 0.00000216. The maximum atomic E-state index is 13.2. The second-order valence-electron chi connectivity index (χ2n) is 10.6. The standard InChI is InChI=1S/C31H31F3N2O2.C2H4/c1-20(18-27(37)23-9-7-22(8-10-23)15-17-35)6-12-26-21(2)29(3,4)30(36(26)5)16-14-24-19-25(31(32,33)34)11-13-28(24)38-30;1-2/h6-14,16,19,21H,15,18H2,1-5H3;1-2H2/b20-6+,26-12+;. The van der Waals surface area contributed by atoms with E-state index in [1.165, 1.54) is 6.07 Å². The van der Waals surface area contributed by atoms with Crippen molar-refractivity contribution < 1.29 is 22.7 Å². The second kappa shape index (κ2) is 11.6. The van der Waals surface area contributed by atoms with Gasteiger partial charge in [0, 0.05) is 41.6 Å². The van der Waals surface area contributed by atoms with Crippen LogP contribution in [0.4, 0.5) is 13.2 Å². The Bertz CT molecular complexity index is 1390. The van der Waals surface area contributed by atoms with Gasteiger partial charge in [0.15, 0.2) is 5.78 Å². The third kappa shape index (κ3) is 5.62. The van der Waals surface area contributed by atoms with Crippen molar-refractivity contribution in [2.75, 3.05) is 7.05 Å². The highest BCUT2D eigenvalue weighted by Gasteiger charge is 2.60. The number of hydrogen-bond acceptors (Lipinski definition) is 4. The Morgan fingerprint density at radius 2 is 1.82 bits per heavy atom. The molecule has 2 aromatic carbocycles. The Labute approximate surface area is 234 Å². The number of likely N-dealkylation sites (tertiary alicyclic amines) is 1. The zero-order valence-corrected chi connectivity index (χ0v) is 23.6. The van der Waals surface area contributed by atoms with Gasteiger partial charge in [0.25, 0.3) is 0 Å². The minimum absolute atomic E-state index is 0.00124. The van der Waals surface area contributed by atoms with Gasteiger partial charge in [-0.15, -0.1) is 13.2 Å². The molecular weight excluding hydrogens is 513 g/mol. The first kappa shape index (κ1) is 30.5. The maximum absolute atomic E-state index is 13.2. The van der Waals surface area contributed by atoms with Crippen molar-refractivity contribution >= 4 is 11.9 Å². The van der Waals surface area contributed by atoms with E-state index in [4.69, 9.17) is 10.00 Å². The highest BCUT2D eigenvalue weighted by molar-refractivity contribution is 5.97. The summed E-state index contributed by atoms with van der Waals surface area (Å²) in [6, 6.07) is 12.8. The number of ether oxygens (including phenoxy) is 1. The molecule has 4 nitrogen and oxygen atoms in total. The quantitative estimate of drug-likeness (QED) is 0.278. The molecule has 2 atom stereocenters. The van der Waals surface area contributed by atoms with Gasteiger partial charge in [-0.3, -0.25) is 4.79 Å². The molecule has 210 valence electrons. The highest BCUT2D eigenvalue weighted by Crippen LogP contribution is 2.56. The minimum Gasteiger partial charge on any atom is -0.463 e. The molecule has 1 saturated heterocycles. The molecule has 2 unspecified atom stereocenters. The van der Waals surface area contributed by atoms with Gasteiger partial charge < -0.3 is 9.64 Å². The summed E-state index contributed by atoms with van der Waals surface area (Å²) in [5.74, 6) is 0.464. The second-order valence-corrected chi connectivity index (χ2v) is 10.6. The number of Topliss-reactive ketones (excluding diaryl/α,β-unsaturated/α-hetero) is 1. The molecule has 2 heterocycles. The molecule has 2 aliphatic heterocycles. The van der Waals surface area contributed by atoms with Crippen LogP contribution in [0.15, 0.2) is 85.1 Å². The lowest BCUT2D eigenvalue weighted by molar-refractivity contribution is -0.137. The van der Waals surface area contributed by atoms with E-state index >= 15 is 0 Å². The van der Waals surface area contributed by atoms with E-state index in [1.807, 2.05) is 37.1 Å². The van der Waals surface area contributed by atoms with Crippen LogP contribution in [0.2, 0.25) is 0 Å². The number of carbonyl (C=O) groups is 1. The van der Waals surface area contributed by atoms with Crippen molar-refractivity contribution in [1.82, 2.24) is 4.90 Å². The van der Waals surface area contributed by atoms with E-state index < -0.39 is 22.9 Å². The number of likely N-dealkylation sites (N-methyl/N-ethyl adjacent to an activating group) is 1. The predicted molar refractivity (Wildman–Crippen MR) is 152 cm³/mol. The summed E-state index contributed by atoms with van der Waals surface area (Å²) in [7, 11) is 1.92. The van der Waals surface area contributed by atoms with Gasteiger partial charge in [0.2, 0.25) is 5.72 Å². The molecule has 0 bridgehead atoms. The zero-order valence-electron chi connectivity index (χ0n) is 23.6. The third-order valence-corrected chi connectivity index (χ3v) is 7.96. The molecule has 1 spiro atoms. The number of fused-ring (bicyclic) bond motifs is 1. The Kier molecular flexibility index (Phi) is 8.84. The number of rotatable bonds is 5. The number of nitrogens with zero attached hydrogens (tertiary/aromatic N) is 2. The molecule has 1 fully saturated rings. The first-order valence-corrected chi connectivity index (χ1v) is 13.0. The summed E-state index contributed by atoms with van der Waals surface area (Å²) in [4.78, 5) is 14.8. The van der Waals surface area contributed by atoms with Crippen molar-refractivity contribution in [1.29, 1.82) is 5.26 Å². The molecule has 0 aliphatic carbocycles. The van der Waals surface area contributed by atoms with E-state index in [-0.39, 0.29) is 18.1 Å². The molecule has 0 amide bonds. The molecular formula is C33H35F3N2O2. The van der Waals surface area contributed by atoms with Crippen LogP contribution < -0.4 is 4.74 Å². The zero-order chi connectivity index (χ0) is 29.9. The molecule has 2 aromatic rings. The smallest absolute Gasteiger partial charge is 0.416 e. The van der Waals surface area contributed by atoms with E-state index in [9.17, 15) is 18.0 Å². The van der Waals surface area contributed by atoms with Gasteiger partial charge in [-0.05, 0) is 48.9 Å². The number of alkyl halides is 3. The van der Waals surface area contributed by atoms with Crippen molar-refractivity contribution in [3.63, 3.8) is 0 Å². The molecule has 0 aromatic heterocycles. The lowest BCUT2D eigenvalue weighted by atomic mass is 9.73. The largest absolute Gasteiger partial charge is 0.463 e. The van der Waals surface area contributed by atoms with E-state index in [2.05, 4.69) is 40.0 Å². The van der Waals surface area contributed by atoms with Crippen LogP contribution in [0.1, 0.15) is 61.2 Å². The Hall–Kier alpha value is -4.05. The Morgan fingerprint density at radius 3 is 2.42 bits per heavy atom. The summed E-state index contributed by atoms with van der Waals surface area (Å²) in [6.07, 6.45) is 3.66. The first-order valence-electron chi connectivity index (χ1n) is 13.0. The number of hydrogen-bond donors (Lipinski definition) is 0. The fourth-order valence-electron chi connectivity index (χ4n) is 5.27. The van der Waals surface area contributed by atoms with Crippen LogP contribution in [0.3, 0.4) is 0 Å². The number of ketones is 1. The van der Waals surface area contributed by atoms with Crippen LogP contribution >= 0.6 is 0 Å². The van der Waals surface area contributed by atoms with E-state index in [0.29, 0.717) is 23.3 Å². The number of carbonyl (C=O) groups excluding carboxylic acids is 1. The van der Waals surface area contributed by atoms with Crippen molar-refractivity contribution in [2.24, 2.45) is 11.3 Å². The van der Waals surface area contributed by atoms with Gasteiger partial charge >= 0.3 is 6.18 Å². The number of benzene rings is 2. The average molecular weight is 549 g/mol. The monoisotopic (exact) mass is 548 g/mol. The molecule has 4 rings (SSSR count). The van der Waals surface area contributed by atoms with Crippen LogP contribution in [0, 0.1) is 22.7 Å².